The molecular formula is C19H24N2O5. The first-order valence-corrected chi connectivity index (χ1v) is 8.87. The van der Waals surface area contributed by atoms with Crippen LogP contribution in [0, 0.1) is 5.92 Å². The Morgan fingerprint density at radius 2 is 2.12 bits per heavy atom. The van der Waals surface area contributed by atoms with Gasteiger partial charge in [0.15, 0.2) is 0 Å². The molecule has 1 aliphatic heterocycles. The van der Waals surface area contributed by atoms with Crippen LogP contribution in [-0.4, -0.2) is 53.5 Å². The van der Waals surface area contributed by atoms with E-state index in [0.717, 1.165) is 17.7 Å². The summed E-state index contributed by atoms with van der Waals surface area (Å²) in [6.07, 6.45) is 1.45. The molecule has 1 heterocycles. The normalized spacial score (nSPS) is 24.2. The molecule has 3 rings (SSSR count). The number of nitrogens with zero attached hydrogens (tertiary/aromatic N) is 1. The second-order valence-electron chi connectivity index (χ2n) is 7.04. The van der Waals surface area contributed by atoms with E-state index in [1.807, 2.05) is 24.3 Å². The third-order valence-corrected chi connectivity index (χ3v) is 5.44. The second-order valence-corrected chi connectivity index (χ2v) is 7.04. The lowest BCUT2D eigenvalue weighted by Gasteiger charge is -2.30. The minimum Gasteiger partial charge on any atom is -0.493 e. The smallest absolute Gasteiger partial charge is 0.326 e. The molecule has 1 aliphatic carbocycles. The molecule has 0 aromatic heterocycles. The lowest BCUT2D eigenvalue weighted by Crippen LogP contribution is -2.48. The Balaban J connectivity index is 1.78. The topological polar surface area (TPSA) is 95.9 Å². The van der Waals surface area contributed by atoms with Gasteiger partial charge in [-0.05, 0) is 25.8 Å². The van der Waals surface area contributed by atoms with Crippen LogP contribution >= 0.6 is 0 Å². The highest BCUT2D eigenvalue weighted by atomic mass is 16.5. The van der Waals surface area contributed by atoms with Gasteiger partial charge in [-0.15, -0.1) is 0 Å². The van der Waals surface area contributed by atoms with Crippen molar-refractivity contribution in [3.05, 3.63) is 29.8 Å². The van der Waals surface area contributed by atoms with Crippen LogP contribution in [0.5, 0.6) is 5.75 Å². The number of hydrogen-bond donors (Lipinski definition) is 2. The number of amides is 2. The highest BCUT2D eigenvalue weighted by Gasteiger charge is 2.62. The molecule has 1 aromatic carbocycles. The molecule has 26 heavy (non-hydrogen) atoms. The molecule has 0 saturated heterocycles. The van der Waals surface area contributed by atoms with Crippen LogP contribution in [0.2, 0.25) is 0 Å². The van der Waals surface area contributed by atoms with E-state index in [2.05, 4.69) is 5.32 Å². The summed E-state index contributed by atoms with van der Waals surface area (Å²) < 4.78 is 5.70. The van der Waals surface area contributed by atoms with E-state index in [1.165, 1.54) is 18.7 Å². The molecule has 1 fully saturated rings. The molecule has 0 radical (unpaired) electrons. The van der Waals surface area contributed by atoms with E-state index in [0.29, 0.717) is 13.0 Å². The van der Waals surface area contributed by atoms with E-state index in [1.54, 1.807) is 0 Å². The van der Waals surface area contributed by atoms with Crippen molar-refractivity contribution in [3.8, 4) is 5.75 Å². The number of carbonyl (C=O) groups is 3. The van der Waals surface area contributed by atoms with Crippen LogP contribution in [0.15, 0.2) is 24.3 Å². The van der Waals surface area contributed by atoms with Crippen molar-refractivity contribution in [2.24, 2.45) is 5.92 Å². The maximum atomic E-state index is 13.1. The summed E-state index contributed by atoms with van der Waals surface area (Å²) in [5.74, 6) is -0.858. The molecular weight excluding hydrogens is 336 g/mol. The molecule has 3 atom stereocenters. The van der Waals surface area contributed by atoms with Crippen molar-refractivity contribution in [3.63, 3.8) is 0 Å². The van der Waals surface area contributed by atoms with E-state index in [-0.39, 0.29) is 36.2 Å². The quantitative estimate of drug-likeness (QED) is 0.794. The Hall–Kier alpha value is -2.57. The summed E-state index contributed by atoms with van der Waals surface area (Å²) in [6, 6.07) is 6.80. The molecule has 1 spiro atoms. The van der Waals surface area contributed by atoms with Gasteiger partial charge in [0, 0.05) is 36.9 Å². The molecule has 2 N–H and O–H groups in total. The Bertz CT molecular complexity index is 734. The van der Waals surface area contributed by atoms with Crippen LogP contribution in [0.4, 0.5) is 0 Å². The molecule has 140 valence electrons. The number of aliphatic carboxylic acids is 1. The first-order valence-electron chi connectivity index (χ1n) is 8.87. The van der Waals surface area contributed by atoms with E-state index in [9.17, 15) is 19.5 Å². The summed E-state index contributed by atoms with van der Waals surface area (Å²) in [5, 5.41) is 12.0. The van der Waals surface area contributed by atoms with Gasteiger partial charge < -0.3 is 20.1 Å². The van der Waals surface area contributed by atoms with E-state index in [4.69, 9.17) is 4.74 Å². The number of carboxylic acids is 1. The predicted octanol–water partition coefficient (Wildman–Crippen LogP) is 1.16. The van der Waals surface area contributed by atoms with Gasteiger partial charge in [-0.3, -0.25) is 9.59 Å². The number of ether oxygens (including phenoxy) is 1. The SMILES string of the molecule is CC(=O)NCCN(C(=O)[C@@H]1C[C@]12CCOc1ccccc12)C(C)C(=O)O. The number of carbonyl (C=O) groups excluding carboxylic acids is 2. The van der Waals surface area contributed by atoms with Gasteiger partial charge in [-0.1, -0.05) is 18.2 Å². The van der Waals surface area contributed by atoms with Crippen molar-refractivity contribution in [1.29, 1.82) is 0 Å². The van der Waals surface area contributed by atoms with Gasteiger partial charge in [0.1, 0.15) is 11.8 Å². The number of hydrogen-bond acceptors (Lipinski definition) is 4. The first-order chi connectivity index (χ1) is 12.4. The fourth-order valence-electron chi connectivity index (χ4n) is 3.87. The van der Waals surface area contributed by atoms with Crippen molar-refractivity contribution in [2.45, 2.75) is 38.1 Å². The van der Waals surface area contributed by atoms with Gasteiger partial charge in [0.25, 0.3) is 0 Å². The monoisotopic (exact) mass is 360 g/mol. The summed E-state index contributed by atoms with van der Waals surface area (Å²) >= 11 is 0. The summed E-state index contributed by atoms with van der Waals surface area (Å²) in [5.41, 5.74) is 0.783. The zero-order valence-corrected chi connectivity index (χ0v) is 15.0. The van der Waals surface area contributed by atoms with Gasteiger partial charge in [0.05, 0.1) is 6.61 Å². The van der Waals surface area contributed by atoms with Crippen molar-refractivity contribution in [2.75, 3.05) is 19.7 Å². The summed E-state index contributed by atoms with van der Waals surface area (Å²) in [4.78, 5) is 37.0. The van der Waals surface area contributed by atoms with Crippen molar-refractivity contribution in [1.82, 2.24) is 10.2 Å². The molecule has 1 saturated carbocycles. The molecule has 1 unspecified atom stereocenters. The molecule has 0 bridgehead atoms. The Labute approximate surface area is 152 Å². The summed E-state index contributed by atoms with van der Waals surface area (Å²) in [7, 11) is 0. The lowest BCUT2D eigenvalue weighted by atomic mass is 9.87. The highest BCUT2D eigenvalue weighted by Crippen LogP contribution is 2.61. The molecule has 1 aromatic rings. The summed E-state index contributed by atoms with van der Waals surface area (Å²) in [6.45, 7) is 3.86. The number of benzene rings is 1. The maximum Gasteiger partial charge on any atom is 0.326 e. The zero-order chi connectivity index (χ0) is 18.9. The average molecular weight is 360 g/mol. The Kier molecular flexibility index (Phi) is 4.89. The van der Waals surface area contributed by atoms with Crippen molar-refractivity contribution >= 4 is 17.8 Å². The predicted molar refractivity (Wildman–Crippen MR) is 93.8 cm³/mol. The van der Waals surface area contributed by atoms with Gasteiger partial charge in [0.2, 0.25) is 11.8 Å². The van der Waals surface area contributed by atoms with Crippen LogP contribution in [0.25, 0.3) is 0 Å². The maximum absolute atomic E-state index is 13.1. The van der Waals surface area contributed by atoms with Gasteiger partial charge >= 0.3 is 5.97 Å². The number of rotatable bonds is 6. The van der Waals surface area contributed by atoms with Gasteiger partial charge in [-0.25, -0.2) is 4.79 Å². The third kappa shape index (κ3) is 3.25. The molecule has 7 heteroatoms. The number of nitrogens with one attached hydrogen (secondary N) is 1. The largest absolute Gasteiger partial charge is 0.493 e. The van der Waals surface area contributed by atoms with E-state index >= 15 is 0 Å². The van der Waals surface area contributed by atoms with Gasteiger partial charge in [-0.2, -0.15) is 0 Å². The molecule has 7 nitrogen and oxygen atoms in total. The number of carboxylic acid groups (broad SMARTS) is 1. The average Bonchev–Trinajstić information content (AvgIpc) is 3.32. The van der Waals surface area contributed by atoms with Crippen LogP contribution in [0.3, 0.4) is 0 Å². The first kappa shape index (κ1) is 18.2. The fraction of sp³-hybridized carbons (Fsp3) is 0.526. The zero-order valence-electron chi connectivity index (χ0n) is 15.0. The minimum absolute atomic E-state index is 0.165. The molecule has 2 aliphatic rings. The van der Waals surface area contributed by atoms with Crippen LogP contribution in [-0.2, 0) is 19.8 Å². The van der Waals surface area contributed by atoms with E-state index < -0.39 is 12.0 Å². The number of fused-ring (bicyclic) bond motifs is 2. The van der Waals surface area contributed by atoms with Crippen LogP contribution < -0.4 is 10.1 Å². The Morgan fingerprint density at radius 3 is 2.81 bits per heavy atom. The van der Waals surface area contributed by atoms with Crippen LogP contribution in [0.1, 0.15) is 32.3 Å². The highest BCUT2D eigenvalue weighted by molar-refractivity contribution is 5.89. The minimum atomic E-state index is -1.05. The standard InChI is InChI=1S/C19H24N2O5/c1-12(18(24)25)21(9-8-20-13(2)22)17(23)15-11-19(15)7-10-26-16-6-4-3-5-14(16)19/h3-6,12,15H,7-11H2,1-2H3,(H,20,22)(H,24,25)/t12?,15-,19-/m0/s1. The Morgan fingerprint density at radius 1 is 1.38 bits per heavy atom. The fourth-order valence-corrected chi connectivity index (χ4v) is 3.87. The lowest BCUT2D eigenvalue weighted by molar-refractivity contribution is -0.150. The third-order valence-electron chi connectivity index (χ3n) is 5.44. The van der Waals surface area contributed by atoms with Crippen molar-refractivity contribution < 1.29 is 24.2 Å². The number of para-hydroxylation sites is 1. The second kappa shape index (κ2) is 6.97. The molecule has 2 amide bonds.